The highest BCUT2D eigenvalue weighted by Crippen LogP contribution is 2.22. The van der Waals surface area contributed by atoms with Crippen molar-refractivity contribution in [1.29, 1.82) is 0 Å². The van der Waals surface area contributed by atoms with Crippen LogP contribution in [0.1, 0.15) is 11.3 Å². The van der Waals surface area contributed by atoms with Gasteiger partial charge in [0.1, 0.15) is 5.82 Å². The van der Waals surface area contributed by atoms with Crippen LogP contribution in [0.5, 0.6) is 0 Å². The van der Waals surface area contributed by atoms with Crippen LogP contribution in [0.3, 0.4) is 0 Å². The third-order valence-corrected chi connectivity index (χ3v) is 2.24. The first-order valence-electron chi connectivity index (χ1n) is 4.74. The highest BCUT2D eigenvalue weighted by molar-refractivity contribution is 5.62. The molecule has 0 saturated heterocycles. The van der Waals surface area contributed by atoms with Crippen molar-refractivity contribution in [2.75, 3.05) is 0 Å². The molecule has 1 aromatic heterocycles. The standard InChI is InChI=1S/C12H11FN2/c1-8-7-9(2)14-15-12(8)10-5-3-4-6-11(10)13/h3-7H,1-2H3. The second kappa shape index (κ2) is 3.77. The second-order valence-corrected chi connectivity index (χ2v) is 3.50. The Kier molecular flexibility index (Phi) is 2.46. The molecule has 0 aliphatic carbocycles. The van der Waals surface area contributed by atoms with Crippen LogP contribution in [0, 0.1) is 19.7 Å². The molecule has 0 bridgehead atoms. The average molecular weight is 202 g/mol. The number of halogens is 1. The molecule has 0 spiro atoms. The maximum Gasteiger partial charge on any atom is 0.132 e. The number of aryl methyl sites for hydroxylation is 2. The Balaban J connectivity index is 2.60. The van der Waals surface area contributed by atoms with E-state index in [4.69, 9.17) is 0 Å². The van der Waals surface area contributed by atoms with Gasteiger partial charge in [0.2, 0.25) is 0 Å². The maximum atomic E-state index is 13.5. The van der Waals surface area contributed by atoms with Gasteiger partial charge in [-0.25, -0.2) is 4.39 Å². The molecule has 0 unspecified atom stereocenters. The van der Waals surface area contributed by atoms with Gasteiger partial charge in [-0.3, -0.25) is 0 Å². The lowest BCUT2D eigenvalue weighted by atomic mass is 10.1. The zero-order valence-electron chi connectivity index (χ0n) is 8.66. The minimum absolute atomic E-state index is 0.265. The Morgan fingerprint density at radius 3 is 2.47 bits per heavy atom. The smallest absolute Gasteiger partial charge is 0.132 e. The minimum Gasteiger partial charge on any atom is -0.206 e. The van der Waals surface area contributed by atoms with E-state index in [1.165, 1.54) is 6.07 Å². The molecule has 2 aromatic rings. The normalized spacial score (nSPS) is 10.3. The fraction of sp³-hybridized carbons (Fsp3) is 0.167. The van der Waals surface area contributed by atoms with Crippen LogP contribution in [0.4, 0.5) is 4.39 Å². The van der Waals surface area contributed by atoms with E-state index >= 15 is 0 Å². The van der Waals surface area contributed by atoms with Crippen LogP contribution >= 0.6 is 0 Å². The van der Waals surface area contributed by atoms with Gasteiger partial charge in [0.05, 0.1) is 11.4 Å². The summed E-state index contributed by atoms with van der Waals surface area (Å²) >= 11 is 0. The molecular formula is C12H11FN2. The van der Waals surface area contributed by atoms with Gasteiger partial charge in [-0.1, -0.05) is 12.1 Å². The first-order valence-corrected chi connectivity index (χ1v) is 4.74. The van der Waals surface area contributed by atoms with Crippen molar-refractivity contribution in [3.05, 3.63) is 47.4 Å². The van der Waals surface area contributed by atoms with E-state index in [-0.39, 0.29) is 5.82 Å². The largest absolute Gasteiger partial charge is 0.206 e. The Morgan fingerprint density at radius 2 is 1.80 bits per heavy atom. The van der Waals surface area contributed by atoms with E-state index < -0.39 is 0 Å². The molecular weight excluding hydrogens is 191 g/mol. The van der Waals surface area contributed by atoms with Gasteiger partial charge < -0.3 is 0 Å². The molecule has 2 nitrogen and oxygen atoms in total. The first-order chi connectivity index (χ1) is 7.18. The van der Waals surface area contributed by atoms with Gasteiger partial charge in [0.15, 0.2) is 0 Å². The summed E-state index contributed by atoms with van der Waals surface area (Å²) in [5, 5.41) is 7.96. The minimum atomic E-state index is -0.265. The van der Waals surface area contributed by atoms with Crippen LogP contribution < -0.4 is 0 Å². The van der Waals surface area contributed by atoms with E-state index in [2.05, 4.69) is 10.2 Å². The Labute approximate surface area is 87.8 Å². The van der Waals surface area contributed by atoms with Crippen molar-refractivity contribution in [1.82, 2.24) is 10.2 Å². The molecule has 0 atom stereocenters. The molecule has 76 valence electrons. The van der Waals surface area contributed by atoms with Crippen LogP contribution in [0.2, 0.25) is 0 Å². The maximum absolute atomic E-state index is 13.5. The number of nitrogens with zero attached hydrogens (tertiary/aromatic N) is 2. The molecule has 1 aromatic carbocycles. The summed E-state index contributed by atoms with van der Waals surface area (Å²) in [6, 6.07) is 8.49. The SMILES string of the molecule is Cc1cc(C)c(-c2ccccc2F)nn1. The van der Waals surface area contributed by atoms with Gasteiger partial charge in [0.25, 0.3) is 0 Å². The number of aromatic nitrogens is 2. The number of hydrogen-bond donors (Lipinski definition) is 0. The zero-order valence-corrected chi connectivity index (χ0v) is 8.66. The molecule has 2 rings (SSSR count). The van der Waals surface area contributed by atoms with Crippen molar-refractivity contribution in [3.8, 4) is 11.3 Å². The fourth-order valence-electron chi connectivity index (χ4n) is 1.54. The molecule has 0 N–H and O–H groups in total. The van der Waals surface area contributed by atoms with Gasteiger partial charge >= 0.3 is 0 Å². The summed E-state index contributed by atoms with van der Waals surface area (Å²) in [6.45, 7) is 3.77. The van der Waals surface area contributed by atoms with E-state index in [1.807, 2.05) is 19.9 Å². The summed E-state index contributed by atoms with van der Waals surface area (Å²) in [4.78, 5) is 0. The summed E-state index contributed by atoms with van der Waals surface area (Å²) in [7, 11) is 0. The van der Waals surface area contributed by atoms with E-state index in [1.54, 1.807) is 18.2 Å². The Bertz CT molecular complexity index is 495. The predicted octanol–water partition coefficient (Wildman–Crippen LogP) is 2.90. The highest BCUT2D eigenvalue weighted by atomic mass is 19.1. The summed E-state index contributed by atoms with van der Waals surface area (Å²) in [6.07, 6.45) is 0. The highest BCUT2D eigenvalue weighted by Gasteiger charge is 2.08. The summed E-state index contributed by atoms with van der Waals surface area (Å²) in [5.74, 6) is -0.265. The molecule has 0 amide bonds. The van der Waals surface area contributed by atoms with Crippen molar-refractivity contribution >= 4 is 0 Å². The number of rotatable bonds is 1. The molecule has 0 fully saturated rings. The van der Waals surface area contributed by atoms with Crippen molar-refractivity contribution in [3.63, 3.8) is 0 Å². The topological polar surface area (TPSA) is 25.8 Å². The lowest BCUT2D eigenvalue weighted by Gasteiger charge is -2.05. The van der Waals surface area contributed by atoms with Gasteiger partial charge in [0, 0.05) is 5.56 Å². The van der Waals surface area contributed by atoms with Gasteiger partial charge in [-0.2, -0.15) is 5.10 Å². The van der Waals surface area contributed by atoms with E-state index in [0.717, 1.165) is 11.3 Å². The monoisotopic (exact) mass is 202 g/mol. The van der Waals surface area contributed by atoms with Crippen molar-refractivity contribution in [2.24, 2.45) is 0 Å². The molecule has 3 heteroatoms. The van der Waals surface area contributed by atoms with E-state index in [0.29, 0.717) is 11.3 Å². The number of benzene rings is 1. The van der Waals surface area contributed by atoms with Gasteiger partial charge in [-0.05, 0) is 37.6 Å². The van der Waals surface area contributed by atoms with Crippen LogP contribution in [0.15, 0.2) is 30.3 Å². The van der Waals surface area contributed by atoms with Gasteiger partial charge in [-0.15, -0.1) is 5.10 Å². The average Bonchev–Trinajstić information content (AvgIpc) is 2.20. The molecule has 0 radical (unpaired) electrons. The summed E-state index contributed by atoms with van der Waals surface area (Å²) < 4.78 is 13.5. The lowest BCUT2D eigenvalue weighted by molar-refractivity contribution is 0.630. The fourth-order valence-corrected chi connectivity index (χ4v) is 1.54. The molecule has 0 aliphatic rings. The first kappa shape index (κ1) is 9.77. The molecule has 1 heterocycles. The van der Waals surface area contributed by atoms with Crippen molar-refractivity contribution < 1.29 is 4.39 Å². The quantitative estimate of drug-likeness (QED) is 0.710. The lowest BCUT2D eigenvalue weighted by Crippen LogP contribution is -1.95. The van der Waals surface area contributed by atoms with E-state index in [9.17, 15) is 4.39 Å². The van der Waals surface area contributed by atoms with Crippen LogP contribution in [-0.2, 0) is 0 Å². The third-order valence-electron chi connectivity index (χ3n) is 2.24. The molecule has 0 saturated carbocycles. The van der Waals surface area contributed by atoms with Crippen LogP contribution in [0.25, 0.3) is 11.3 Å². The number of hydrogen-bond acceptors (Lipinski definition) is 2. The Morgan fingerprint density at radius 1 is 1.07 bits per heavy atom. The predicted molar refractivity (Wildman–Crippen MR) is 56.9 cm³/mol. The van der Waals surface area contributed by atoms with Crippen molar-refractivity contribution in [2.45, 2.75) is 13.8 Å². The summed E-state index contributed by atoms with van der Waals surface area (Å²) in [5.41, 5.74) is 2.89. The zero-order chi connectivity index (χ0) is 10.8. The molecule has 0 aliphatic heterocycles. The Hall–Kier alpha value is -1.77. The second-order valence-electron chi connectivity index (χ2n) is 3.50. The third kappa shape index (κ3) is 1.86. The molecule has 15 heavy (non-hydrogen) atoms. The van der Waals surface area contributed by atoms with Crippen LogP contribution in [-0.4, -0.2) is 10.2 Å².